The van der Waals surface area contributed by atoms with Crippen LogP contribution in [-0.4, -0.2) is 78.9 Å². The van der Waals surface area contributed by atoms with E-state index in [0.29, 0.717) is 43.9 Å². The SMILES string of the molecule is COC(=O)N[C@H](C(=O)N1CCC[C@H]1c1nc2ccc([C@H]3CC[C@H](c4ccc5nc([C@@H]6CCCN6C(=O)CC(C)C)[nH]c5c4)N3c3ccc(C(F)(F)F)nc3)cc2[nH]1)C(C)C. The minimum Gasteiger partial charge on any atom is -0.453 e. The standard InChI is InChI=1S/C44H52F3N9O4/c1-24(2)20-38(57)54-18-6-8-35(54)40-49-29-13-10-26(21-31(29)51-40)33-15-16-34(56(33)28-12-17-37(48-23-28)44(45,46)47)27-11-14-30-32(22-27)52-41(50-30)36-9-7-19-55(36)42(58)39(25(3)4)53-43(59)60-5/h10-14,17,21-25,33-36,39H,6-9,15-16,18-20H2,1-5H3,(H,49,51)(H,50,52)(H,53,59)/t33-,34-,35+,36+,39+/m1/s1. The lowest BCUT2D eigenvalue weighted by Gasteiger charge is -2.33. The normalized spacial score (nSPS) is 21.5. The Balaban J connectivity index is 1.10. The van der Waals surface area contributed by atoms with Crippen molar-refractivity contribution in [2.24, 2.45) is 11.8 Å². The maximum absolute atomic E-state index is 13.8. The number of aromatic nitrogens is 5. The molecule has 0 unspecified atom stereocenters. The molecule has 2 aromatic carbocycles. The molecular weight excluding hydrogens is 776 g/mol. The largest absolute Gasteiger partial charge is 0.453 e. The Morgan fingerprint density at radius 1 is 0.800 bits per heavy atom. The molecule has 3 aromatic heterocycles. The van der Waals surface area contributed by atoms with E-state index in [9.17, 15) is 27.6 Å². The Morgan fingerprint density at radius 3 is 1.87 bits per heavy atom. The number of imidazole rings is 2. The Hall–Kier alpha value is -5.67. The summed E-state index contributed by atoms with van der Waals surface area (Å²) in [4.78, 5) is 65.5. The highest BCUT2D eigenvalue weighted by atomic mass is 19.4. The van der Waals surface area contributed by atoms with E-state index >= 15 is 0 Å². The highest BCUT2D eigenvalue weighted by Gasteiger charge is 2.40. The molecule has 5 atom stereocenters. The number of halogens is 3. The maximum Gasteiger partial charge on any atom is 0.433 e. The first-order valence-electron chi connectivity index (χ1n) is 20.9. The zero-order valence-corrected chi connectivity index (χ0v) is 34.6. The summed E-state index contributed by atoms with van der Waals surface area (Å²) in [5.41, 5.74) is 4.69. The molecule has 3 aliphatic rings. The van der Waals surface area contributed by atoms with Crippen molar-refractivity contribution in [1.82, 2.24) is 40.0 Å². The molecule has 3 aliphatic heterocycles. The van der Waals surface area contributed by atoms with Gasteiger partial charge < -0.3 is 34.7 Å². The monoisotopic (exact) mass is 827 g/mol. The average Bonchev–Trinajstić information content (AvgIpc) is 4.06. The van der Waals surface area contributed by atoms with E-state index in [4.69, 9.17) is 14.7 Å². The third-order valence-electron chi connectivity index (χ3n) is 12.3. The fraction of sp³-hybridized carbons (Fsp3) is 0.500. The molecule has 13 nitrogen and oxygen atoms in total. The molecule has 0 aliphatic carbocycles. The van der Waals surface area contributed by atoms with Gasteiger partial charge in [0, 0.05) is 19.5 Å². The average molecular weight is 828 g/mol. The van der Waals surface area contributed by atoms with E-state index in [1.54, 1.807) is 4.90 Å². The molecule has 0 spiro atoms. The number of methoxy groups -OCH3 is 1. The number of amides is 3. The Labute approximate surface area is 346 Å². The highest BCUT2D eigenvalue weighted by Crippen LogP contribution is 2.48. The van der Waals surface area contributed by atoms with Crippen molar-refractivity contribution in [2.45, 2.75) is 109 Å². The minimum absolute atomic E-state index is 0.117. The number of carbonyl (C=O) groups is 3. The number of alkyl carbamates (subject to hydrolysis) is 1. The molecule has 0 saturated carbocycles. The molecule has 5 aromatic rings. The summed E-state index contributed by atoms with van der Waals surface area (Å²) in [6.07, 6.45) is 1.23. The van der Waals surface area contributed by atoms with Crippen molar-refractivity contribution in [3.05, 3.63) is 83.2 Å². The number of benzene rings is 2. The number of nitrogens with zero attached hydrogens (tertiary/aromatic N) is 6. The van der Waals surface area contributed by atoms with Gasteiger partial charge in [0.25, 0.3) is 0 Å². The van der Waals surface area contributed by atoms with Crippen molar-refractivity contribution in [1.29, 1.82) is 0 Å². The Bertz CT molecular complexity index is 2380. The predicted molar refractivity (Wildman–Crippen MR) is 220 cm³/mol. The number of anilines is 1. The van der Waals surface area contributed by atoms with Gasteiger partial charge in [-0.1, -0.05) is 39.8 Å². The lowest BCUT2D eigenvalue weighted by molar-refractivity contribution is -0.141. The molecule has 60 heavy (non-hydrogen) atoms. The number of pyridine rings is 1. The summed E-state index contributed by atoms with van der Waals surface area (Å²) < 4.78 is 45.8. The second-order valence-electron chi connectivity index (χ2n) is 17.1. The van der Waals surface area contributed by atoms with Crippen molar-refractivity contribution < 1.29 is 32.3 Å². The van der Waals surface area contributed by atoms with Gasteiger partial charge in [0.05, 0.1) is 65.2 Å². The second-order valence-corrected chi connectivity index (χ2v) is 17.1. The molecule has 3 fully saturated rings. The van der Waals surface area contributed by atoms with Gasteiger partial charge in [0.1, 0.15) is 23.4 Å². The van der Waals surface area contributed by atoms with Crippen LogP contribution in [-0.2, 0) is 20.5 Å². The Kier molecular flexibility index (Phi) is 11.2. The van der Waals surface area contributed by atoms with Crippen LogP contribution < -0.4 is 10.2 Å². The number of hydrogen-bond acceptors (Lipinski definition) is 8. The second kappa shape index (κ2) is 16.4. The van der Waals surface area contributed by atoms with E-state index in [1.165, 1.54) is 19.4 Å². The summed E-state index contributed by atoms with van der Waals surface area (Å²) in [6, 6.07) is 13.0. The molecular formula is C44H52F3N9O4. The van der Waals surface area contributed by atoms with Gasteiger partial charge in [0.2, 0.25) is 11.8 Å². The summed E-state index contributed by atoms with van der Waals surface area (Å²) in [7, 11) is 1.27. The number of alkyl halides is 3. The van der Waals surface area contributed by atoms with E-state index in [1.807, 2.05) is 62.9 Å². The van der Waals surface area contributed by atoms with E-state index in [2.05, 4.69) is 31.2 Å². The molecule has 318 valence electrons. The first-order chi connectivity index (χ1) is 28.7. The predicted octanol–water partition coefficient (Wildman–Crippen LogP) is 8.69. The third-order valence-corrected chi connectivity index (χ3v) is 12.3. The van der Waals surface area contributed by atoms with Crippen LogP contribution in [0.3, 0.4) is 0 Å². The molecule has 0 radical (unpaired) electrons. The minimum atomic E-state index is -4.57. The van der Waals surface area contributed by atoms with Gasteiger partial charge in [-0.15, -0.1) is 0 Å². The van der Waals surface area contributed by atoms with Crippen LogP contribution >= 0.6 is 0 Å². The maximum atomic E-state index is 13.8. The number of hydrogen-bond donors (Lipinski definition) is 3. The van der Waals surface area contributed by atoms with Crippen LogP contribution in [0.1, 0.15) is 125 Å². The van der Waals surface area contributed by atoms with Crippen LogP contribution in [0.15, 0.2) is 54.7 Å². The van der Waals surface area contributed by atoms with Crippen LogP contribution in [0.2, 0.25) is 0 Å². The van der Waals surface area contributed by atoms with Crippen molar-refractivity contribution in [3.63, 3.8) is 0 Å². The first-order valence-corrected chi connectivity index (χ1v) is 20.9. The molecule has 0 bridgehead atoms. The summed E-state index contributed by atoms with van der Waals surface area (Å²) in [5, 5.41) is 2.69. The van der Waals surface area contributed by atoms with E-state index in [-0.39, 0.29) is 47.8 Å². The zero-order chi connectivity index (χ0) is 42.5. The zero-order valence-electron chi connectivity index (χ0n) is 34.6. The van der Waals surface area contributed by atoms with Crippen LogP contribution in [0.25, 0.3) is 22.1 Å². The Morgan fingerprint density at radius 2 is 1.37 bits per heavy atom. The molecule has 3 N–H and O–H groups in total. The lowest BCUT2D eigenvalue weighted by Crippen LogP contribution is -2.51. The first kappa shape index (κ1) is 41.1. The fourth-order valence-corrected chi connectivity index (χ4v) is 9.36. The number of aromatic amines is 2. The van der Waals surface area contributed by atoms with Crippen LogP contribution in [0.5, 0.6) is 0 Å². The van der Waals surface area contributed by atoms with Gasteiger partial charge in [-0.2, -0.15) is 13.2 Å². The summed E-state index contributed by atoms with van der Waals surface area (Å²) >= 11 is 0. The van der Waals surface area contributed by atoms with Crippen molar-refractivity contribution in [2.75, 3.05) is 25.1 Å². The molecule has 6 heterocycles. The van der Waals surface area contributed by atoms with Gasteiger partial charge in [-0.25, -0.2) is 19.7 Å². The van der Waals surface area contributed by atoms with Gasteiger partial charge >= 0.3 is 12.3 Å². The van der Waals surface area contributed by atoms with Gasteiger partial charge in [-0.3, -0.25) is 9.59 Å². The molecule has 8 rings (SSSR count). The fourth-order valence-electron chi connectivity index (χ4n) is 9.36. The topological polar surface area (TPSA) is 152 Å². The van der Waals surface area contributed by atoms with Crippen molar-refractivity contribution >= 4 is 45.7 Å². The number of nitrogens with one attached hydrogen (secondary N) is 3. The number of carbonyl (C=O) groups excluding carboxylic acids is 3. The molecule has 16 heteroatoms. The van der Waals surface area contributed by atoms with E-state index in [0.717, 1.165) is 70.8 Å². The summed E-state index contributed by atoms with van der Waals surface area (Å²) in [6.45, 7) is 9.07. The highest BCUT2D eigenvalue weighted by molar-refractivity contribution is 5.87. The van der Waals surface area contributed by atoms with Gasteiger partial charge in [0.15, 0.2) is 0 Å². The third kappa shape index (κ3) is 7.99. The summed E-state index contributed by atoms with van der Waals surface area (Å²) in [5.74, 6) is 1.45. The smallest absolute Gasteiger partial charge is 0.433 e. The number of ether oxygens (including phenoxy) is 1. The quantitative estimate of drug-likeness (QED) is 0.127. The number of fused-ring (bicyclic) bond motifs is 2. The van der Waals surface area contributed by atoms with Crippen LogP contribution in [0, 0.1) is 11.8 Å². The number of likely N-dealkylation sites (tertiary alicyclic amines) is 2. The molecule has 3 amide bonds. The van der Waals surface area contributed by atoms with Crippen molar-refractivity contribution in [3.8, 4) is 0 Å². The van der Waals surface area contributed by atoms with Crippen LogP contribution in [0.4, 0.5) is 23.7 Å². The number of rotatable bonds is 10. The molecule has 3 saturated heterocycles. The van der Waals surface area contributed by atoms with E-state index < -0.39 is 24.0 Å². The number of H-pyrrole nitrogens is 2. The van der Waals surface area contributed by atoms with Gasteiger partial charge in [-0.05, 0) is 97.9 Å². The lowest BCUT2D eigenvalue weighted by atomic mass is 10.0.